The minimum atomic E-state index is 0.0594. The molecule has 0 bridgehead atoms. The third kappa shape index (κ3) is 2.32. The van der Waals surface area contributed by atoms with Gasteiger partial charge in [0.2, 0.25) is 0 Å². The van der Waals surface area contributed by atoms with Gasteiger partial charge >= 0.3 is 0 Å². The Morgan fingerprint density at radius 1 is 1.53 bits per heavy atom. The fourth-order valence-corrected chi connectivity index (χ4v) is 2.84. The van der Waals surface area contributed by atoms with Gasteiger partial charge in [0.1, 0.15) is 5.78 Å². The fourth-order valence-electron chi connectivity index (χ4n) is 2.84. The van der Waals surface area contributed by atoms with Gasteiger partial charge in [-0.15, -0.1) is 0 Å². The van der Waals surface area contributed by atoms with Gasteiger partial charge in [0.15, 0.2) is 0 Å². The van der Waals surface area contributed by atoms with E-state index >= 15 is 0 Å². The molecule has 0 aromatic carbocycles. The van der Waals surface area contributed by atoms with Crippen LogP contribution >= 0.6 is 0 Å². The SMILES string of the molecule is CCCC(=O)C1C(C)CC=C(C)C1(C)C. The molecule has 0 N–H and O–H groups in total. The molecule has 1 heteroatoms. The van der Waals surface area contributed by atoms with Gasteiger partial charge in [-0.05, 0) is 31.1 Å². The minimum Gasteiger partial charge on any atom is -0.299 e. The number of hydrogen-bond donors (Lipinski definition) is 0. The first-order valence-electron chi connectivity index (χ1n) is 6.11. The van der Waals surface area contributed by atoms with Crippen LogP contribution in [-0.2, 0) is 4.79 Å². The standard InChI is InChI=1S/C14H24O/c1-6-7-12(15)13-10(2)8-9-11(3)14(13,4)5/h9-10,13H,6-8H2,1-5H3. The summed E-state index contributed by atoms with van der Waals surface area (Å²) in [6, 6.07) is 0. The lowest BCUT2D eigenvalue weighted by molar-refractivity contribution is -0.128. The van der Waals surface area contributed by atoms with Crippen molar-refractivity contribution in [1.82, 2.24) is 0 Å². The monoisotopic (exact) mass is 208 g/mol. The highest BCUT2D eigenvalue weighted by molar-refractivity contribution is 5.82. The van der Waals surface area contributed by atoms with Crippen LogP contribution in [0.25, 0.3) is 0 Å². The molecule has 0 saturated carbocycles. The zero-order valence-electron chi connectivity index (χ0n) is 10.8. The molecule has 2 unspecified atom stereocenters. The number of ketones is 1. The molecule has 0 heterocycles. The number of rotatable bonds is 3. The molecule has 1 nitrogen and oxygen atoms in total. The van der Waals surface area contributed by atoms with Gasteiger partial charge in [-0.2, -0.15) is 0 Å². The normalized spacial score (nSPS) is 29.8. The Morgan fingerprint density at radius 3 is 2.67 bits per heavy atom. The summed E-state index contributed by atoms with van der Waals surface area (Å²) in [4.78, 5) is 12.1. The maximum atomic E-state index is 12.1. The summed E-state index contributed by atoms with van der Waals surface area (Å²) in [7, 11) is 0. The Morgan fingerprint density at radius 2 is 2.13 bits per heavy atom. The van der Waals surface area contributed by atoms with Crippen LogP contribution in [-0.4, -0.2) is 5.78 Å². The Balaban J connectivity index is 2.94. The highest BCUT2D eigenvalue weighted by Gasteiger charge is 2.41. The Hall–Kier alpha value is -0.590. The topological polar surface area (TPSA) is 17.1 Å². The van der Waals surface area contributed by atoms with E-state index in [1.165, 1.54) is 5.57 Å². The summed E-state index contributed by atoms with van der Waals surface area (Å²) in [6.45, 7) is 10.9. The lowest BCUT2D eigenvalue weighted by Gasteiger charge is -2.41. The summed E-state index contributed by atoms with van der Waals surface area (Å²) >= 11 is 0. The van der Waals surface area contributed by atoms with Crippen molar-refractivity contribution >= 4 is 5.78 Å². The first-order chi connectivity index (χ1) is 6.91. The van der Waals surface area contributed by atoms with Crippen LogP contribution in [0.5, 0.6) is 0 Å². The molecule has 86 valence electrons. The smallest absolute Gasteiger partial charge is 0.137 e. The molecule has 1 aliphatic carbocycles. The molecule has 1 aliphatic rings. The number of allylic oxidation sites excluding steroid dienone is 2. The summed E-state index contributed by atoms with van der Waals surface area (Å²) in [5, 5.41) is 0. The summed E-state index contributed by atoms with van der Waals surface area (Å²) < 4.78 is 0. The molecule has 0 aromatic rings. The summed E-state index contributed by atoms with van der Waals surface area (Å²) in [6.07, 6.45) is 5.09. The molecular weight excluding hydrogens is 184 g/mol. The van der Waals surface area contributed by atoms with E-state index in [-0.39, 0.29) is 11.3 Å². The van der Waals surface area contributed by atoms with Gasteiger partial charge in [0.05, 0.1) is 0 Å². The van der Waals surface area contributed by atoms with Crippen molar-refractivity contribution in [3.8, 4) is 0 Å². The molecule has 15 heavy (non-hydrogen) atoms. The van der Waals surface area contributed by atoms with E-state index in [1.807, 2.05) is 0 Å². The average Bonchev–Trinajstić information content (AvgIpc) is 2.12. The second-order valence-electron chi connectivity index (χ2n) is 5.52. The molecule has 0 aliphatic heterocycles. The van der Waals surface area contributed by atoms with Crippen molar-refractivity contribution in [2.45, 2.75) is 53.9 Å². The van der Waals surface area contributed by atoms with Crippen LogP contribution in [0.4, 0.5) is 0 Å². The van der Waals surface area contributed by atoms with E-state index < -0.39 is 0 Å². The molecule has 0 saturated heterocycles. The average molecular weight is 208 g/mol. The number of carbonyl (C=O) groups is 1. The summed E-state index contributed by atoms with van der Waals surface area (Å²) in [5.74, 6) is 1.19. The van der Waals surface area contributed by atoms with Crippen LogP contribution in [0.15, 0.2) is 11.6 Å². The number of carbonyl (C=O) groups excluding carboxylic acids is 1. The van der Waals surface area contributed by atoms with Gasteiger partial charge in [-0.3, -0.25) is 4.79 Å². The van der Waals surface area contributed by atoms with Crippen LogP contribution in [0.1, 0.15) is 53.9 Å². The summed E-state index contributed by atoms with van der Waals surface area (Å²) in [5.41, 5.74) is 1.44. The predicted molar refractivity (Wildman–Crippen MR) is 64.7 cm³/mol. The van der Waals surface area contributed by atoms with Crippen molar-refractivity contribution in [1.29, 1.82) is 0 Å². The van der Waals surface area contributed by atoms with E-state index in [0.29, 0.717) is 11.7 Å². The van der Waals surface area contributed by atoms with E-state index in [1.54, 1.807) is 0 Å². The minimum absolute atomic E-state index is 0.0594. The van der Waals surface area contributed by atoms with E-state index in [0.717, 1.165) is 19.3 Å². The first-order valence-corrected chi connectivity index (χ1v) is 6.11. The van der Waals surface area contributed by atoms with Crippen molar-refractivity contribution in [3.05, 3.63) is 11.6 Å². The van der Waals surface area contributed by atoms with Crippen LogP contribution < -0.4 is 0 Å². The molecule has 1 rings (SSSR count). The van der Waals surface area contributed by atoms with Crippen LogP contribution in [0.2, 0.25) is 0 Å². The van der Waals surface area contributed by atoms with Gasteiger partial charge in [-0.25, -0.2) is 0 Å². The molecular formula is C14H24O. The molecule has 0 radical (unpaired) electrons. The Labute approximate surface area is 93.9 Å². The molecule has 0 amide bonds. The zero-order chi connectivity index (χ0) is 11.6. The quantitative estimate of drug-likeness (QED) is 0.641. The second-order valence-corrected chi connectivity index (χ2v) is 5.52. The highest BCUT2D eigenvalue weighted by atomic mass is 16.1. The van der Waals surface area contributed by atoms with Gasteiger partial charge < -0.3 is 0 Å². The van der Waals surface area contributed by atoms with Gasteiger partial charge in [0.25, 0.3) is 0 Å². The molecule has 0 spiro atoms. The van der Waals surface area contributed by atoms with Crippen LogP contribution in [0, 0.1) is 17.3 Å². The highest BCUT2D eigenvalue weighted by Crippen LogP contribution is 2.45. The second kappa shape index (κ2) is 4.51. The van der Waals surface area contributed by atoms with E-state index in [2.05, 4.69) is 40.7 Å². The van der Waals surface area contributed by atoms with Crippen LogP contribution in [0.3, 0.4) is 0 Å². The molecule has 0 fully saturated rings. The molecule has 0 aromatic heterocycles. The maximum absolute atomic E-state index is 12.1. The van der Waals surface area contributed by atoms with Crippen molar-refractivity contribution in [3.63, 3.8) is 0 Å². The van der Waals surface area contributed by atoms with Gasteiger partial charge in [0, 0.05) is 12.3 Å². The zero-order valence-corrected chi connectivity index (χ0v) is 10.8. The van der Waals surface area contributed by atoms with E-state index in [4.69, 9.17) is 0 Å². The lowest BCUT2D eigenvalue weighted by atomic mass is 9.62. The third-order valence-electron chi connectivity index (χ3n) is 4.00. The fraction of sp³-hybridized carbons (Fsp3) is 0.786. The first kappa shape index (κ1) is 12.5. The van der Waals surface area contributed by atoms with Gasteiger partial charge in [-0.1, -0.05) is 39.3 Å². The number of hydrogen-bond acceptors (Lipinski definition) is 1. The third-order valence-corrected chi connectivity index (χ3v) is 4.00. The maximum Gasteiger partial charge on any atom is 0.137 e. The molecule has 2 atom stereocenters. The largest absolute Gasteiger partial charge is 0.299 e. The van der Waals surface area contributed by atoms with E-state index in [9.17, 15) is 4.79 Å². The Kier molecular flexibility index (Phi) is 3.75. The lowest BCUT2D eigenvalue weighted by Crippen LogP contribution is -2.39. The van der Waals surface area contributed by atoms with Crippen molar-refractivity contribution in [2.75, 3.05) is 0 Å². The number of Topliss-reactive ketones (excluding diaryl/α,β-unsaturated/α-hetero) is 1. The van der Waals surface area contributed by atoms with Crippen molar-refractivity contribution in [2.24, 2.45) is 17.3 Å². The Bertz CT molecular complexity index is 273. The predicted octanol–water partition coefficient (Wildman–Crippen LogP) is 3.98. The van der Waals surface area contributed by atoms with Crippen molar-refractivity contribution < 1.29 is 4.79 Å².